The molecule has 1 aliphatic rings. The number of amides is 1. The Labute approximate surface area is 198 Å². The van der Waals surface area contributed by atoms with E-state index in [1.54, 1.807) is 24.3 Å². The molecule has 0 bridgehead atoms. The lowest BCUT2D eigenvalue weighted by Crippen LogP contribution is -2.43. The molecule has 1 atom stereocenters. The van der Waals surface area contributed by atoms with Gasteiger partial charge >= 0.3 is 5.97 Å². The summed E-state index contributed by atoms with van der Waals surface area (Å²) in [5.41, 5.74) is 1.97. The van der Waals surface area contributed by atoms with Gasteiger partial charge in [0.05, 0.1) is 28.7 Å². The predicted molar refractivity (Wildman–Crippen MR) is 127 cm³/mol. The lowest BCUT2D eigenvalue weighted by molar-refractivity contribution is -0.136. The van der Waals surface area contributed by atoms with Crippen molar-refractivity contribution in [2.24, 2.45) is 0 Å². The van der Waals surface area contributed by atoms with Crippen molar-refractivity contribution >= 4 is 33.5 Å². The van der Waals surface area contributed by atoms with Gasteiger partial charge < -0.3 is 9.64 Å². The van der Waals surface area contributed by atoms with E-state index in [1.807, 2.05) is 31.2 Å². The van der Waals surface area contributed by atoms with Crippen LogP contribution in [0.15, 0.2) is 53.4 Å². The molecule has 0 aliphatic carbocycles. The Morgan fingerprint density at radius 2 is 1.91 bits per heavy atom. The molecule has 1 aliphatic heterocycles. The smallest absolute Gasteiger partial charge is 0.339 e. The van der Waals surface area contributed by atoms with Crippen LogP contribution in [-0.4, -0.2) is 55.9 Å². The number of hydrogen-bond donors (Lipinski definition) is 0. The molecule has 1 unspecified atom stereocenters. The summed E-state index contributed by atoms with van der Waals surface area (Å²) in [5.74, 6) is -0.331. The first kappa shape index (κ1) is 24.8. The number of thioether (sulfide) groups is 1. The van der Waals surface area contributed by atoms with Crippen molar-refractivity contribution < 1.29 is 22.7 Å². The maximum atomic E-state index is 12.7. The van der Waals surface area contributed by atoms with Crippen molar-refractivity contribution in [2.45, 2.75) is 36.5 Å². The summed E-state index contributed by atoms with van der Waals surface area (Å²) in [5, 5.41) is 8.91. The van der Waals surface area contributed by atoms with E-state index in [4.69, 9.17) is 10.00 Å². The second-order valence-electron chi connectivity index (χ2n) is 7.81. The number of benzene rings is 2. The Morgan fingerprint density at radius 3 is 2.55 bits per heavy atom. The zero-order valence-electron chi connectivity index (χ0n) is 18.4. The number of hydrogen-bond acceptors (Lipinski definition) is 7. The highest BCUT2D eigenvalue weighted by molar-refractivity contribution is 7.98. The third kappa shape index (κ3) is 6.83. The predicted octanol–water partition coefficient (Wildman–Crippen LogP) is 3.43. The van der Waals surface area contributed by atoms with Gasteiger partial charge in [0.25, 0.3) is 5.91 Å². The van der Waals surface area contributed by atoms with Gasteiger partial charge in [0.1, 0.15) is 0 Å². The average molecular weight is 487 g/mol. The molecule has 33 heavy (non-hydrogen) atoms. The SMILES string of the molecule is CCCN(C(=O)COC(=O)c1ccccc1SCc1ccc(C#N)cc1)C1CCS(=O)(=O)C1. The van der Waals surface area contributed by atoms with E-state index in [-0.39, 0.29) is 23.5 Å². The van der Waals surface area contributed by atoms with Crippen LogP contribution >= 0.6 is 11.8 Å². The molecule has 1 heterocycles. The minimum atomic E-state index is -3.13. The van der Waals surface area contributed by atoms with Crippen molar-refractivity contribution in [1.82, 2.24) is 4.90 Å². The van der Waals surface area contributed by atoms with Crippen LogP contribution in [0.3, 0.4) is 0 Å². The van der Waals surface area contributed by atoms with Crippen molar-refractivity contribution in [3.8, 4) is 6.07 Å². The largest absolute Gasteiger partial charge is 0.452 e. The fourth-order valence-electron chi connectivity index (χ4n) is 3.66. The number of rotatable bonds is 9. The molecule has 0 saturated carbocycles. The molecule has 0 aromatic heterocycles. The molecule has 0 N–H and O–H groups in total. The first-order valence-corrected chi connectivity index (χ1v) is 13.5. The van der Waals surface area contributed by atoms with Gasteiger partial charge in [0.15, 0.2) is 16.4 Å². The molecular weight excluding hydrogens is 460 g/mol. The maximum absolute atomic E-state index is 12.7. The third-order valence-corrected chi connectivity index (χ3v) is 8.24. The van der Waals surface area contributed by atoms with E-state index in [2.05, 4.69) is 6.07 Å². The van der Waals surface area contributed by atoms with Crippen LogP contribution in [0.2, 0.25) is 0 Å². The van der Waals surface area contributed by atoms with Crippen LogP contribution in [0, 0.1) is 11.3 Å². The normalized spacial score (nSPS) is 16.7. The first-order chi connectivity index (χ1) is 15.8. The molecule has 2 aromatic rings. The Kier molecular flexibility index (Phi) is 8.53. The van der Waals surface area contributed by atoms with E-state index in [0.29, 0.717) is 36.3 Å². The second kappa shape index (κ2) is 11.3. The number of sulfone groups is 1. The number of nitriles is 1. The van der Waals surface area contributed by atoms with E-state index in [9.17, 15) is 18.0 Å². The monoisotopic (exact) mass is 486 g/mol. The lowest BCUT2D eigenvalue weighted by atomic mass is 10.2. The zero-order valence-corrected chi connectivity index (χ0v) is 20.0. The van der Waals surface area contributed by atoms with Gasteiger partial charge in [-0.05, 0) is 42.7 Å². The fourth-order valence-corrected chi connectivity index (χ4v) is 6.39. The maximum Gasteiger partial charge on any atom is 0.339 e. The summed E-state index contributed by atoms with van der Waals surface area (Å²) in [6.07, 6.45) is 1.10. The van der Waals surface area contributed by atoms with Crippen molar-refractivity contribution in [2.75, 3.05) is 24.7 Å². The Hall–Kier alpha value is -2.83. The van der Waals surface area contributed by atoms with Gasteiger partial charge in [0, 0.05) is 23.2 Å². The van der Waals surface area contributed by atoms with E-state index in [1.165, 1.54) is 16.7 Å². The van der Waals surface area contributed by atoms with Crippen LogP contribution in [-0.2, 0) is 25.1 Å². The number of carbonyl (C=O) groups is 2. The van der Waals surface area contributed by atoms with Crippen molar-refractivity contribution in [3.05, 3.63) is 65.2 Å². The Balaban J connectivity index is 1.61. The molecule has 9 heteroatoms. The van der Waals surface area contributed by atoms with Crippen LogP contribution in [0.25, 0.3) is 0 Å². The lowest BCUT2D eigenvalue weighted by Gasteiger charge is -2.27. The number of ether oxygens (including phenoxy) is 1. The molecule has 1 fully saturated rings. The molecule has 7 nitrogen and oxygen atoms in total. The number of nitrogens with zero attached hydrogens (tertiary/aromatic N) is 2. The molecule has 0 radical (unpaired) electrons. The average Bonchev–Trinajstić information content (AvgIpc) is 3.19. The molecule has 174 valence electrons. The van der Waals surface area contributed by atoms with Crippen LogP contribution in [0.4, 0.5) is 0 Å². The van der Waals surface area contributed by atoms with Crippen LogP contribution in [0.5, 0.6) is 0 Å². The van der Waals surface area contributed by atoms with Gasteiger partial charge in [-0.1, -0.05) is 31.2 Å². The Morgan fingerprint density at radius 1 is 1.18 bits per heavy atom. The molecular formula is C24H26N2O5S2. The second-order valence-corrected chi connectivity index (χ2v) is 11.1. The summed E-state index contributed by atoms with van der Waals surface area (Å²) in [7, 11) is -3.13. The highest BCUT2D eigenvalue weighted by Crippen LogP contribution is 2.27. The summed E-state index contributed by atoms with van der Waals surface area (Å²) in [6, 6.07) is 16.0. The van der Waals surface area contributed by atoms with Gasteiger partial charge in [-0.25, -0.2) is 13.2 Å². The van der Waals surface area contributed by atoms with E-state index >= 15 is 0 Å². The van der Waals surface area contributed by atoms with Crippen LogP contribution < -0.4 is 0 Å². The molecule has 1 amide bonds. The standard InChI is InChI=1S/C24H26N2O5S2/c1-2-12-26(20-11-13-33(29,30)17-20)23(27)15-31-24(28)21-5-3-4-6-22(21)32-16-19-9-7-18(14-25)8-10-19/h3-10,20H,2,11-13,15-17H2,1H3. The molecule has 1 saturated heterocycles. The summed E-state index contributed by atoms with van der Waals surface area (Å²) < 4.78 is 29.0. The topological polar surface area (TPSA) is 105 Å². The minimum absolute atomic E-state index is 0.0402. The summed E-state index contributed by atoms with van der Waals surface area (Å²) in [6.45, 7) is 1.91. The highest BCUT2D eigenvalue weighted by Gasteiger charge is 2.34. The third-order valence-electron chi connectivity index (χ3n) is 5.35. The minimum Gasteiger partial charge on any atom is -0.452 e. The summed E-state index contributed by atoms with van der Waals surface area (Å²) >= 11 is 1.46. The molecule has 0 spiro atoms. The van der Waals surface area contributed by atoms with Gasteiger partial charge in [-0.15, -0.1) is 11.8 Å². The molecule has 2 aromatic carbocycles. The fraction of sp³-hybridized carbons (Fsp3) is 0.375. The van der Waals surface area contributed by atoms with Crippen LogP contribution in [0.1, 0.15) is 41.3 Å². The van der Waals surface area contributed by atoms with E-state index < -0.39 is 22.4 Å². The van der Waals surface area contributed by atoms with Gasteiger partial charge in [0.2, 0.25) is 0 Å². The number of esters is 1. The van der Waals surface area contributed by atoms with Gasteiger partial charge in [-0.3, -0.25) is 4.79 Å². The van der Waals surface area contributed by atoms with Crippen molar-refractivity contribution in [3.63, 3.8) is 0 Å². The summed E-state index contributed by atoms with van der Waals surface area (Å²) in [4.78, 5) is 27.7. The molecule has 3 rings (SSSR count). The van der Waals surface area contributed by atoms with E-state index in [0.717, 1.165) is 10.5 Å². The Bertz CT molecular complexity index is 1140. The zero-order chi connectivity index (χ0) is 23.8. The quantitative estimate of drug-likeness (QED) is 0.395. The highest BCUT2D eigenvalue weighted by atomic mass is 32.2. The number of carbonyl (C=O) groups excluding carboxylic acids is 2. The first-order valence-electron chi connectivity index (χ1n) is 10.7. The van der Waals surface area contributed by atoms with Gasteiger partial charge in [-0.2, -0.15) is 5.26 Å². The van der Waals surface area contributed by atoms with Crippen molar-refractivity contribution in [1.29, 1.82) is 5.26 Å².